The van der Waals surface area contributed by atoms with Crippen LogP contribution < -0.4 is 4.74 Å². The van der Waals surface area contributed by atoms with Crippen molar-refractivity contribution in [1.82, 2.24) is 0 Å². The van der Waals surface area contributed by atoms with Crippen molar-refractivity contribution in [2.24, 2.45) is 23.2 Å². The Hall–Kier alpha value is -2.30. The lowest BCUT2D eigenvalue weighted by Gasteiger charge is -2.40. The van der Waals surface area contributed by atoms with E-state index in [-0.39, 0.29) is 31.0 Å². The maximum atomic E-state index is 13.2. The van der Waals surface area contributed by atoms with Crippen LogP contribution in [0.1, 0.15) is 51.5 Å². The molecule has 3 atom stereocenters. The fraction of sp³-hybridized carbons (Fsp3) is 0.583. The Bertz CT molecular complexity index is 804. The summed E-state index contributed by atoms with van der Waals surface area (Å²) in [6, 6.07) is 8.13. The summed E-state index contributed by atoms with van der Waals surface area (Å²) in [7, 11) is 1.66. The van der Waals surface area contributed by atoms with E-state index in [4.69, 9.17) is 14.2 Å². The van der Waals surface area contributed by atoms with Crippen molar-refractivity contribution in [3.05, 3.63) is 35.4 Å². The highest BCUT2D eigenvalue weighted by molar-refractivity contribution is 6.02. The van der Waals surface area contributed by atoms with E-state index in [1.165, 1.54) is 16.7 Å². The third-order valence-corrected chi connectivity index (χ3v) is 7.05. The molecule has 3 aliphatic carbocycles. The molecule has 0 aliphatic heterocycles. The summed E-state index contributed by atoms with van der Waals surface area (Å²) < 4.78 is 16.2. The zero-order valence-corrected chi connectivity index (χ0v) is 17.5. The van der Waals surface area contributed by atoms with Crippen molar-refractivity contribution >= 4 is 17.5 Å². The van der Waals surface area contributed by atoms with Crippen LogP contribution in [0.4, 0.5) is 0 Å². The van der Waals surface area contributed by atoms with Crippen LogP contribution in [0, 0.1) is 23.2 Å². The van der Waals surface area contributed by atoms with Crippen molar-refractivity contribution in [2.75, 3.05) is 20.3 Å². The van der Waals surface area contributed by atoms with Gasteiger partial charge in [-0.1, -0.05) is 24.1 Å². The molecule has 2 fully saturated rings. The molecule has 0 radical (unpaired) electrons. The lowest BCUT2D eigenvalue weighted by atomic mass is 9.63. The topological polar surface area (TPSA) is 61.8 Å². The first kappa shape index (κ1) is 20.0. The molecule has 1 aromatic rings. The first-order valence-electron chi connectivity index (χ1n) is 10.8. The van der Waals surface area contributed by atoms with Crippen molar-refractivity contribution < 1.29 is 23.8 Å². The highest BCUT2D eigenvalue weighted by Gasteiger charge is 2.68. The number of carbonyl (C=O) groups excluding carboxylic acids is 2. The van der Waals surface area contributed by atoms with E-state index in [9.17, 15) is 9.59 Å². The lowest BCUT2D eigenvalue weighted by molar-refractivity contribution is -0.175. The maximum Gasteiger partial charge on any atom is 0.323 e. The molecular formula is C24H30O5. The zero-order valence-electron chi connectivity index (χ0n) is 17.5. The van der Waals surface area contributed by atoms with Crippen LogP contribution >= 0.6 is 0 Å². The van der Waals surface area contributed by atoms with E-state index < -0.39 is 17.4 Å². The summed E-state index contributed by atoms with van der Waals surface area (Å²) in [6.07, 6.45) is 4.52. The van der Waals surface area contributed by atoms with Gasteiger partial charge in [-0.2, -0.15) is 0 Å². The average molecular weight is 398 g/mol. The summed E-state index contributed by atoms with van der Waals surface area (Å²) in [5.74, 6) is 0.498. The summed E-state index contributed by atoms with van der Waals surface area (Å²) in [5.41, 5.74) is 2.75. The van der Waals surface area contributed by atoms with Gasteiger partial charge in [-0.15, -0.1) is 0 Å². The highest BCUT2D eigenvalue weighted by atomic mass is 16.6. The van der Waals surface area contributed by atoms with Gasteiger partial charge < -0.3 is 14.2 Å². The number of carbonyl (C=O) groups is 2. The molecule has 29 heavy (non-hydrogen) atoms. The minimum atomic E-state index is -1.18. The van der Waals surface area contributed by atoms with Crippen LogP contribution in [0.3, 0.4) is 0 Å². The van der Waals surface area contributed by atoms with Crippen LogP contribution in [0.2, 0.25) is 0 Å². The Kier molecular flexibility index (Phi) is 5.41. The van der Waals surface area contributed by atoms with Crippen LogP contribution in [-0.2, 0) is 19.1 Å². The molecule has 3 aliphatic rings. The highest BCUT2D eigenvalue weighted by Crippen LogP contribution is 2.67. The van der Waals surface area contributed by atoms with E-state index in [0.717, 1.165) is 31.4 Å². The smallest absolute Gasteiger partial charge is 0.323 e. The number of benzene rings is 1. The Labute approximate surface area is 172 Å². The quantitative estimate of drug-likeness (QED) is 0.525. The Morgan fingerprint density at radius 1 is 1.03 bits per heavy atom. The molecule has 0 amide bonds. The van der Waals surface area contributed by atoms with Crippen molar-refractivity contribution in [1.29, 1.82) is 0 Å². The van der Waals surface area contributed by atoms with E-state index in [0.29, 0.717) is 6.42 Å². The van der Waals surface area contributed by atoms with E-state index in [1.807, 2.05) is 12.1 Å². The second-order valence-electron chi connectivity index (χ2n) is 8.27. The Morgan fingerprint density at radius 2 is 1.69 bits per heavy atom. The zero-order chi connectivity index (χ0) is 20.6. The summed E-state index contributed by atoms with van der Waals surface area (Å²) in [6.45, 7) is 4.13. The standard InChI is InChI=1S/C24H30O5/c1-4-28-22(25)24(23(26)29-5-2)14-18-20(15-10-12-16(27-3)13-11-15)17-8-6-7-9-19(24)21(17)18/h10-13,18-19,21H,4-9,14H2,1-3H3/t18-,19+,21+/m0/s1. The number of allylic oxidation sites excluding steroid dienone is 2. The van der Waals surface area contributed by atoms with Gasteiger partial charge in [0.15, 0.2) is 5.41 Å². The van der Waals surface area contributed by atoms with Gasteiger partial charge in [0, 0.05) is 0 Å². The predicted molar refractivity (Wildman–Crippen MR) is 109 cm³/mol. The molecule has 5 heteroatoms. The third kappa shape index (κ3) is 2.97. The fourth-order valence-corrected chi connectivity index (χ4v) is 5.95. The van der Waals surface area contributed by atoms with Crippen LogP contribution in [0.5, 0.6) is 5.75 Å². The van der Waals surface area contributed by atoms with Gasteiger partial charge in [0.1, 0.15) is 5.75 Å². The predicted octanol–water partition coefficient (Wildman–Crippen LogP) is 4.40. The van der Waals surface area contributed by atoms with Gasteiger partial charge in [-0.25, -0.2) is 0 Å². The Balaban J connectivity index is 1.76. The number of hydrogen-bond donors (Lipinski definition) is 0. The van der Waals surface area contributed by atoms with E-state index >= 15 is 0 Å². The SMILES string of the molecule is CCOC(=O)C1(C(=O)OCC)C[C@H]2C(c3ccc(OC)cc3)=C3CCCC[C@@H]1[C@H]32. The molecule has 0 heterocycles. The van der Waals surface area contributed by atoms with Gasteiger partial charge in [0.2, 0.25) is 0 Å². The van der Waals surface area contributed by atoms with Crippen LogP contribution in [0.25, 0.3) is 5.57 Å². The second-order valence-corrected chi connectivity index (χ2v) is 8.27. The van der Waals surface area contributed by atoms with Crippen molar-refractivity contribution in [3.63, 3.8) is 0 Å². The first-order valence-corrected chi connectivity index (χ1v) is 10.8. The lowest BCUT2D eigenvalue weighted by Crippen LogP contribution is -2.46. The molecule has 5 nitrogen and oxygen atoms in total. The molecular weight excluding hydrogens is 368 g/mol. The molecule has 1 aromatic carbocycles. The minimum absolute atomic E-state index is 0.0231. The first-order chi connectivity index (χ1) is 14.1. The molecule has 0 bridgehead atoms. The van der Waals surface area contributed by atoms with Gasteiger partial charge in [-0.3, -0.25) is 9.59 Å². The number of hydrogen-bond acceptors (Lipinski definition) is 5. The third-order valence-electron chi connectivity index (χ3n) is 7.05. The molecule has 156 valence electrons. The summed E-state index contributed by atoms with van der Waals surface area (Å²) >= 11 is 0. The van der Waals surface area contributed by atoms with Crippen molar-refractivity contribution in [2.45, 2.75) is 46.0 Å². The van der Waals surface area contributed by atoms with Gasteiger partial charge in [0.25, 0.3) is 0 Å². The molecule has 0 saturated heterocycles. The largest absolute Gasteiger partial charge is 0.497 e. The number of esters is 2. The number of methoxy groups -OCH3 is 1. The van der Waals surface area contributed by atoms with Gasteiger partial charge in [-0.05, 0) is 80.6 Å². The van der Waals surface area contributed by atoms with Crippen molar-refractivity contribution in [3.8, 4) is 5.75 Å². The minimum Gasteiger partial charge on any atom is -0.497 e. The van der Waals surface area contributed by atoms with Gasteiger partial charge >= 0.3 is 11.9 Å². The van der Waals surface area contributed by atoms with Crippen LogP contribution in [-0.4, -0.2) is 32.3 Å². The summed E-state index contributed by atoms with van der Waals surface area (Å²) in [4.78, 5) is 26.4. The molecule has 0 unspecified atom stereocenters. The average Bonchev–Trinajstić information content (AvgIpc) is 2.87. The van der Waals surface area contributed by atoms with Gasteiger partial charge in [0.05, 0.1) is 20.3 Å². The number of rotatable bonds is 6. The number of ether oxygens (including phenoxy) is 3. The summed E-state index contributed by atoms with van der Waals surface area (Å²) in [5, 5.41) is 0. The molecule has 0 aromatic heterocycles. The molecule has 0 N–H and O–H groups in total. The monoisotopic (exact) mass is 398 g/mol. The second kappa shape index (κ2) is 7.85. The normalized spacial score (nSPS) is 26.8. The maximum absolute atomic E-state index is 13.2. The van der Waals surface area contributed by atoms with E-state index in [1.54, 1.807) is 21.0 Å². The fourth-order valence-electron chi connectivity index (χ4n) is 5.95. The molecule has 4 rings (SSSR count). The van der Waals surface area contributed by atoms with E-state index in [2.05, 4.69) is 12.1 Å². The van der Waals surface area contributed by atoms with Crippen LogP contribution in [0.15, 0.2) is 29.8 Å². The molecule has 0 spiro atoms. The Morgan fingerprint density at radius 3 is 2.28 bits per heavy atom. The molecule has 2 saturated carbocycles.